The van der Waals surface area contributed by atoms with Crippen LogP contribution in [0.2, 0.25) is 0 Å². The molecule has 2 aromatic rings. The molecule has 0 spiro atoms. The van der Waals surface area contributed by atoms with E-state index in [0.717, 1.165) is 0 Å². The van der Waals surface area contributed by atoms with Gasteiger partial charge in [-0.2, -0.15) is 0 Å². The van der Waals surface area contributed by atoms with E-state index < -0.39 is 11.9 Å². The third kappa shape index (κ3) is 3.08. The summed E-state index contributed by atoms with van der Waals surface area (Å²) in [5.41, 5.74) is 0.720. The van der Waals surface area contributed by atoms with Gasteiger partial charge in [0.1, 0.15) is 5.82 Å². The van der Waals surface area contributed by atoms with Crippen molar-refractivity contribution in [3.05, 3.63) is 42.2 Å². The number of aliphatic carboxylic acids is 1. The number of hydrogen-bond acceptors (Lipinski definition) is 4. The number of oxazole rings is 1. The van der Waals surface area contributed by atoms with E-state index in [1.807, 2.05) is 0 Å². The van der Waals surface area contributed by atoms with Crippen LogP contribution in [0.25, 0.3) is 11.3 Å². The minimum absolute atomic E-state index is 0.158. The zero-order chi connectivity index (χ0) is 16.4. The fraction of sp³-hybridized carbons (Fsp3) is 0.312. The van der Waals surface area contributed by atoms with Crippen molar-refractivity contribution in [2.24, 2.45) is 5.92 Å². The maximum absolute atomic E-state index is 13.0. The monoisotopic (exact) mass is 318 g/mol. The average molecular weight is 318 g/mol. The molecule has 6 nitrogen and oxygen atoms in total. The maximum atomic E-state index is 13.0. The molecule has 0 aliphatic carbocycles. The topological polar surface area (TPSA) is 83.6 Å². The summed E-state index contributed by atoms with van der Waals surface area (Å²) in [6.45, 7) is 0.733. The third-order valence-corrected chi connectivity index (χ3v) is 4.01. The molecule has 120 valence electrons. The molecule has 0 bridgehead atoms. The number of piperidine rings is 1. The van der Waals surface area contributed by atoms with E-state index in [-0.39, 0.29) is 23.2 Å². The maximum Gasteiger partial charge on any atom is 0.306 e. The van der Waals surface area contributed by atoms with Gasteiger partial charge in [-0.05, 0) is 37.1 Å². The highest BCUT2D eigenvalue weighted by Gasteiger charge is 2.30. The Morgan fingerprint density at radius 3 is 2.48 bits per heavy atom. The second-order valence-corrected chi connectivity index (χ2v) is 5.44. The number of benzene rings is 1. The van der Waals surface area contributed by atoms with Crippen LogP contribution in [0.15, 0.2) is 35.1 Å². The zero-order valence-electron chi connectivity index (χ0n) is 12.2. The number of halogens is 1. The molecule has 2 heterocycles. The Bertz CT molecular complexity index is 718. The van der Waals surface area contributed by atoms with Crippen LogP contribution in [0, 0.1) is 11.7 Å². The van der Waals surface area contributed by atoms with Gasteiger partial charge in [0, 0.05) is 18.7 Å². The van der Waals surface area contributed by atoms with E-state index >= 15 is 0 Å². The first-order valence-corrected chi connectivity index (χ1v) is 7.28. The van der Waals surface area contributed by atoms with E-state index in [9.17, 15) is 14.0 Å². The Morgan fingerprint density at radius 1 is 1.22 bits per heavy atom. The number of likely N-dealkylation sites (tertiary alicyclic amines) is 1. The number of carboxylic acid groups (broad SMARTS) is 1. The molecule has 0 unspecified atom stereocenters. The van der Waals surface area contributed by atoms with Crippen LogP contribution in [0.3, 0.4) is 0 Å². The lowest BCUT2D eigenvalue weighted by Gasteiger charge is -2.29. The molecule has 0 atom stereocenters. The molecule has 1 amide bonds. The fourth-order valence-electron chi connectivity index (χ4n) is 2.68. The van der Waals surface area contributed by atoms with Crippen molar-refractivity contribution < 1.29 is 23.5 Å². The summed E-state index contributed by atoms with van der Waals surface area (Å²) in [5.74, 6) is -1.63. The molecular formula is C16H15FN2O4. The molecule has 1 aromatic carbocycles. The highest BCUT2D eigenvalue weighted by atomic mass is 19.1. The van der Waals surface area contributed by atoms with E-state index in [0.29, 0.717) is 31.5 Å². The summed E-state index contributed by atoms with van der Waals surface area (Å²) >= 11 is 0. The predicted molar refractivity (Wildman–Crippen MR) is 78.2 cm³/mol. The van der Waals surface area contributed by atoms with Gasteiger partial charge < -0.3 is 14.4 Å². The third-order valence-electron chi connectivity index (χ3n) is 4.01. The Labute approximate surface area is 131 Å². The summed E-state index contributed by atoms with van der Waals surface area (Å²) in [5, 5.41) is 9.00. The van der Waals surface area contributed by atoms with Crippen molar-refractivity contribution in [2.45, 2.75) is 12.8 Å². The Kier molecular flexibility index (Phi) is 4.10. The SMILES string of the molecule is O=C(O)C1CCN(C(=O)c2ncoc2-c2ccc(F)cc2)CC1. The van der Waals surface area contributed by atoms with Crippen molar-refractivity contribution in [3.63, 3.8) is 0 Å². The number of carbonyl (C=O) groups excluding carboxylic acids is 1. The Hall–Kier alpha value is -2.70. The highest BCUT2D eigenvalue weighted by Crippen LogP contribution is 2.26. The van der Waals surface area contributed by atoms with Crippen LogP contribution in [0.5, 0.6) is 0 Å². The number of aromatic nitrogens is 1. The van der Waals surface area contributed by atoms with Crippen LogP contribution >= 0.6 is 0 Å². The molecule has 0 saturated carbocycles. The zero-order valence-corrected chi connectivity index (χ0v) is 12.2. The number of carbonyl (C=O) groups is 2. The second-order valence-electron chi connectivity index (χ2n) is 5.44. The quantitative estimate of drug-likeness (QED) is 0.939. The van der Waals surface area contributed by atoms with Crippen molar-refractivity contribution in [3.8, 4) is 11.3 Å². The summed E-state index contributed by atoms with van der Waals surface area (Å²) in [4.78, 5) is 29.1. The molecular weight excluding hydrogens is 303 g/mol. The summed E-state index contributed by atoms with van der Waals surface area (Å²) in [7, 11) is 0. The molecule has 1 aromatic heterocycles. The Morgan fingerprint density at radius 2 is 1.87 bits per heavy atom. The standard InChI is InChI=1S/C16H15FN2O4/c17-12-3-1-10(2-4-12)14-13(18-9-23-14)15(20)19-7-5-11(6-8-19)16(21)22/h1-4,9,11H,5-8H2,(H,21,22). The van der Waals surface area contributed by atoms with Gasteiger partial charge >= 0.3 is 5.97 Å². The summed E-state index contributed by atoms with van der Waals surface area (Å²) < 4.78 is 18.3. The van der Waals surface area contributed by atoms with Crippen LogP contribution in [-0.2, 0) is 4.79 Å². The molecule has 7 heteroatoms. The molecule has 1 saturated heterocycles. The lowest BCUT2D eigenvalue weighted by Crippen LogP contribution is -2.40. The molecule has 1 aliphatic rings. The summed E-state index contributed by atoms with van der Waals surface area (Å²) in [6, 6.07) is 5.60. The summed E-state index contributed by atoms with van der Waals surface area (Å²) in [6.07, 6.45) is 2.02. The fourth-order valence-corrected chi connectivity index (χ4v) is 2.68. The van der Waals surface area contributed by atoms with E-state index in [4.69, 9.17) is 9.52 Å². The van der Waals surface area contributed by atoms with Crippen LogP contribution in [0.4, 0.5) is 4.39 Å². The van der Waals surface area contributed by atoms with Gasteiger partial charge in [0.05, 0.1) is 5.92 Å². The predicted octanol–water partition coefficient (Wildman–Crippen LogP) is 2.42. The normalized spacial score (nSPS) is 15.6. The van der Waals surface area contributed by atoms with Gasteiger partial charge in [-0.1, -0.05) is 0 Å². The first kappa shape index (κ1) is 15.2. The van der Waals surface area contributed by atoms with Crippen LogP contribution < -0.4 is 0 Å². The molecule has 3 rings (SSSR count). The number of nitrogens with zero attached hydrogens (tertiary/aromatic N) is 2. The van der Waals surface area contributed by atoms with Gasteiger partial charge in [-0.3, -0.25) is 9.59 Å². The highest BCUT2D eigenvalue weighted by molar-refractivity contribution is 5.97. The number of amides is 1. The number of hydrogen-bond donors (Lipinski definition) is 1. The average Bonchev–Trinajstić information content (AvgIpc) is 3.04. The van der Waals surface area contributed by atoms with Gasteiger partial charge in [0.15, 0.2) is 17.8 Å². The van der Waals surface area contributed by atoms with Crippen LogP contribution in [-0.4, -0.2) is 40.0 Å². The van der Waals surface area contributed by atoms with Gasteiger partial charge in [-0.15, -0.1) is 0 Å². The first-order valence-electron chi connectivity index (χ1n) is 7.28. The van der Waals surface area contributed by atoms with E-state index in [1.54, 1.807) is 4.90 Å². The van der Waals surface area contributed by atoms with Crippen molar-refractivity contribution in [1.29, 1.82) is 0 Å². The molecule has 1 N–H and O–H groups in total. The lowest BCUT2D eigenvalue weighted by atomic mass is 9.97. The molecule has 0 radical (unpaired) electrons. The van der Waals surface area contributed by atoms with Gasteiger partial charge in [0.2, 0.25) is 0 Å². The lowest BCUT2D eigenvalue weighted by molar-refractivity contribution is -0.143. The molecule has 23 heavy (non-hydrogen) atoms. The minimum Gasteiger partial charge on any atom is -0.481 e. The molecule has 1 fully saturated rings. The second kappa shape index (κ2) is 6.20. The minimum atomic E-state index is -0.828. The first-order chi connectivity index (χ1) is 11.1. The van der Waals surface area contributed by atoms with Crippen molar-refractivity contribution >= 4 is 11.9 Å². The van der Waals surface area contributed by atoms with Gasteiger partial charge in [-0.25, -0.2) is 9.37 Å². The molecule has 1 aliphatic heterocycles. The smallest absolute Gasteiger partial charge is 0.306 e. The van der Waals surface area contributed by atoms with Crippen molar-refractivity contribution in [2.75, 3.05) is 13.1 Å². The van der Waals surface area contributed by atoms with Crippen molar-refractivity contribution in [1.82, 2.24) is 9.88 Å². The van der Waals surface area contributed by atoms with E-state index in [1.165, 1.54) is 30.7 Å². The number of carboxylic acids is 1. The van der Waals surface area contributed by atoms with E-state index in [2.05, 4.69) is 4.98 Å². The Balaban J connectivity index is 1.78. The van der Waals surface area contributed by atoms with Crippen LogP contribution in [0.1, 0.15) is 23.3 Å². The largest absolute Gasteiger partial charge is 0.481 e. The number of rotatable bonds is 3. The van der Waals surface area contributed by atoms with Gasteiger partial charge in [0.25, 0.3) is 5.91 Å².